The predicted octanol–water partition coefficient (Wildman–Crippen LogP) is 2.06. The summed E-state index contributed by atoms with van der Waals surface area (Å²) in [5.41, 5.74) is 3.33. The molecule has 1 aromatic carbocycles. The van der Waals surface area contributed by atoms with E-state index in [9.17, 15) is 14.0 Å². The zero-order chi connectivity index (χ0) is 14.3. The highest BCUT2D eigenvalue weighted by Gasteiger charge is 2.05. The number of anilines is 1. The molecule has 1 rings (SSSR count). The SMILES string of the molecule is CCC(=O)N/N=C(/C)CC(=O)Nc1ccc(F)cc1. The Bertz CT molecular complexity index is 483. The van der Waals surface area contributed by atoms with E-state index >= 15 is 0 Å². The molecule has 2 amide bonds. The molecule has 0 saturated carbocycles. The van der Waals surface area contributed by atoms with Gasteiger partial charge in [-0.15, -0.1) is 0 Å². The molecule has 0 saturated heterocycles. The van der Waals surface area contributed by atoms with E-state index in [0.29, 0.717) is 17.8 Å². The fraction of sp³-hybridized carbons (Fsp3) is 0.308. The van der Waals surface area contributed by atoms with Crippen LogP contribution in [-0.4, -0.2) is 17.5 Å². The quantitative estimate of drug-likeness (QED) is 0.632. The number of carbonyl (C=O) groups is 2. The molecule has 0 atom stereocenters. The summed E-state index contributed by atoms with van der Waals surface area (Å²) < 4.78 is 12.7. The third kappa shape index (κ3) is 5.76. The van der Waals surface area contributed by atoms with Gasteiger partial charge in [0.15, 0.2) is 0 Å². The van der Waals surface area contributed by atoms with Crippen molar-refractivity contribution in [3.05, 3.63) is 30.1 Å². The summed E-state index contributed by atoms with van der Waals surface area (Å²) in [6.07, 6.45) is 0.389. The molecule has 0 radical (unpaired) electrons. The number of benzene rings is 1. The minimum Gasteiger partial charge on any atom is -0.326 e. The summed E-state index contributed by atoms with van der Waals surface area (Å²) in [4.78, 5) is 22.6. The molecule has 0 aliphatic carbocycles. The molecular weight excluding hydrogens is 249 g/mol. The molecule has 0 bridgehead atoms. The van der Waals surface area contributed by atoms with Gasteiger partial charge in [-0.3, -0.25) is 9.59 Å². The molecule has 0 heterocycles. The summed E-state index contributed by atoms with van der Waals surface area (Å²) in [6, 6.07) is 5.47. The van der Waals surface area contributed by atoms with Crippen molar-refractivity contribution in [3.63, 3.8) is 0 Å². The standard InChI is InChI=1S/C13H16FN3O2/c1-3-12(18)17-16-9(2)8-13(19)15-11-6-4-10(14)5-7-11/h4-7H,3,8H2,1-2H3,(H,15,19)(H,17,18)/b16-9-. The van der Waals surface area contributed by atoms with Crippen molar-refractivity contribution in [3.8, 4) is 0 Å². The molecule has 0 spiro atoms. The van der Waals surface area contributed by atoms with Crippen LogP contribution in [0.2, 0.25) is 0 Å². The first kappa shape index (κ1) is 14.8. The van der Waals surface area contributed by atoms with Crippen LogP contribution < -0.4 is 10.7 Å². The van der Waals surface area contributed by atoms with Crippen molar-refractivity contribution in [2.75, 3.05) is 5.32 Å². The van der Waals surface area contributed by atoms with Crippen LogP contribution >= 0.6 is 0 Å². The first-order chi connectivity index (χ1) is 9.01. The van der Waals surface area contributed by atoms with Crippen molar-refractivity contribution in [1.29, 1.82) is 0 Å². The molecule has 0 unspecified atom stereocenters. The maximum atomic E-state index is 12.7. The number of rotatable bonds is 5. The van der Waals surface area contributed by atoms with Gasteiger partial charge in [0.25, 0.3) is 0 Å². The number of hydrogen-bond acceptors (Lipinski definition) is 3. The minimum absolute atomic E-state index is 0.0569. The summed E-state index contributed by atoms with van der Waals surface area (Å²) in [7, 11) is 0. The molecule has 5 nitrogen and oxygen atoms in total. The maximum Gasteiger partial charge on any atom is 0.239 e. The van der Waals surface area contributed by atoms with E-state index in [4.69, 9.17) is 0 Å². The highest BCUT2D eigenvalue weighted by Crippen LogP contribution is 2.08. The average Bonchev–Trinajstić information content (AvgIpc) is 2.38. The van der Waals surface area contributed by atoms with Gasteiger partial charge in [0, 0.05) is 17.8 Å². The van der Waals surface area contributed by atoms with Crippen molar-refractivity contribution >= 4 is 23.2 Å². The number of nitrogens with one attached hydrogen (secondary N) is 2. The van der Waals surface area contributed by atoms with E-state index < -0.39 is 0 Å². The number of nitrogens with zero attached hydrogens (tertiary/aromatic N) is 1. The monoisotopic (exact) mass is 265 g/mol. The summed E-state index contributed by atoms with van der Waals surface area (Å²) in [6.45, 7) is 3.35. The van der Waals surface area contributed by atoms with Crippen molar-refractivity contribution in [1.82, 2.24) is 5.43 Å². The predicted molar refractivity (Wildman–Crippen MR) is 71.2 cm³/mol. The summed E-state index contributed by atoms with van der Waals surface area (Å²) in [5, 5.41) is 6.39. The van der Waals surface area contributed by atoms with E-state index in [2.05, 4.69) is 15.8 Å². The van der Waals surface area contributed by atoms with Crippen LogP contribution in [0.4, 0.5) is 10.1 Å². The number of hydrazone groups is 1. The molecule has 2 N–H and O–H groups in total. The first-order valence-corrected chi connectivity index (χ1v) is 5.88. The second kappa shape index (κ2) is 7.25. The number of amides is 2. The van der Waals surface area contributed by atoms with Crippen LogP contribution in [0.25, 0.3) is 0 Å². The van der Waals surface area contributed by atoms with Gasteiger partial charge in [-0.25, -0.2) is 9.82 Å². The van der Waals surface area contributed by atoms with E-state index in [1.807, 2.05) is 0 Å². The van der Waals surface area contributed by atoms with Crippen LogP contribution in [0.3, 0.4) is 0 Å². The highest BCUT2D eigenvalue weighted by molar-refractivity contribution is 6.05. The maximum absolute atomic E-state index is 12.7. The van der Waals surface area contributed by atoms with Crippen molar-refractivity contribution in [2.24, 2.45) is 5.10 Å². The summed E-state index contributed by atoms with van der Waals surface area (Å²) >= 11 is 0. The second-order valence-corrected chi connectivity index (χ2v) is 3.97. The zero-order valence-corrected chi connectivity index (χ0v) is 10.9. The van der Waals surface area contributed by atoms with Gasteiger partial charge < -0.3 is 5.32 Å². The smallest absolute Gasteiger partial charge is 0.239 e. The third-order valence-corrected chi connectivity index (χ3v) is 2.24. The largest absolute Gasteiger partial charge is 0.326 e. The second-order valence-electron chi connectivity index (χ2n) is 3.97. The van der Waals surface area contributed by atoms with Crippen LogP contribution in [0, 0.1) is 5.82 Å². The highest BCUT2D eigenvalue weighted by atomic mass is 19.1. The average molecular weight is 265 g/mol. The Labute approximate surface area is 110 Å². The Kier molecular flexibility index (Phi) is 5.66. The number of halogens is 1. The lowest BCUT2D eigenvalue weighted by Crippen LogP contribution is -2.20. The van der Waals surface area contributed by atoms with Crippen LogP contribution in [0.5, 0.6) is 0 Å². The number of carbonyl (C=O) groups excluding carboxylic acids is 2. The lowest BCUT2D eigenvalue weighted by Gasteiger charge is -2.05. The van der Waals surface area contributed by atoms with Gasteiger partial charge in [0.1, 0.15) is 5.82 Å². The molecule has 0 aromatic heterocycles. The molecule has 1 aromatic rings. The molecule has 0 aliphatic rings. The van der Waals surface area contributed by atoms with Crippen molar-refractivity contribution < 1.29 is 14.0 Å². The van der Waals surface area contributed by atoms with Crippen LogP contribution in [0.15, 0.2) is 29.4 Å². The first-order valence-electron chi connectivity index (χ1n) is 5.88. The van der Waals surface area contributed by atoms with Crippen LogP contribution in [0.1, 0.15) is 26.7 Å². The van der Waals surface area contributed by atoms with E-state index in [0.717, 1.165) is 0 Å². The molecule has 0 fully saturated rings. The van der Waals surface area contributed by atoms with E-state index in [-0.39, 0.29) is 24.1 Å². The van der Waals surface area contributed by atoms with Gasteiger partial charge in [-0.2, -0.15) is 5.10 Å². The van der Waals surface area contributed by atoms with Gasteiger partial charge in [-0.05, 0) is 31.2 Å². The van der Waals surface area contributed by atoms with Gasteiger partial charge in [0.2, 0.25) is 11.8 Å². The van der Waals surface area contributed by atoms with Gasteiger partial charge in [0.05, 0.1) is 6.42 Å². The van der Waals surface area contributed by atoms with Gasteiger partial charge in [-0.1, -0.05) is 6.92 Å². The summed E-state index contributed by atoms with van der Waals surface area (Å²) in [5.74, 6) is -0.852. The lowest BCUT2D eigenvalue weighted by atomic mass is 10.2. The Morgan fingerprint density at radius 1 is 1.21 bits per heavy atom. The molecule has 102 valence electrons. The molecule has 6 heteroatoms. The normalized spacial score (nSPS) is 11.0. The third-order valence-electron chi connectivity index (χ3n) is 2.24. The molecular formula is C13H16FN3O2. The topological polar surface area (TPSA) is 70.6 Å². The number of hydrogen-bond donors (Lipinski definition) is 2. The van der Waals surface area contributed by atoms with Crippen molar-refractivity contribution in [2.45, 2.75) is 26.7 Å². The molecule has 0 aliphatic heterocycles. The minimum atomic E-state index is -0.363. The van der Waals surface area contributed by atoms with Crippen LogP contribution in [-0.2, 0) is 9.59 Å². The Morgan fingerprint density at radius 2 is 1.84 bits per heavy atom. The Balaban J connectivity index is 2.46. The van der Waals surface area contributed by atoms with E-state index in [1.54, 1.807) is 13.8 Å². The zero-order valence-electron chi connectivity index (χ0n) is 10.9. The Hall–Kier alpha value is -2.24. The lowest BCUT2D eigenvalue weighted by molar-refractivity contribution is -0.121. The van der Waals surface area contributed by atoms with Gasteiger partial charge >= 0.3 is 0 Å². The van der Waals surface area contributed by atoms with E-state index in [1.165, 1.54) is 24.3 Å². The molecule has 19 heavy (non-hydrogen) atoms. The fourth-order valence-electron chi connectivity index (χ4n) is 1.25. The Morgan fingerprint density at radius 3 is 2.42 bits per heavy atom. The fourth-order valence-corrected chi connectivity index (χ4v) is 1.25.